The van der Waals surface area contributed by atoms with E-state index in [9.17, 15) is 4.79 Å². The average molecular weight is 728 g/mol. The Balaban J connectivity index is 0.000000234. The topological polar surface area (TPSA) is 95.0 Å². The van der Waals surface area contributed by atoms with Gasteiger partial charge in [0.2, 0.25) is 5.91 Å². The highest BCUT2D eigenvalue weighted by Gasteiger charge is 2.54. The number of benzene rings is 1. The van der Waals surface area contributed by atoms with E-state index in [0.717, 1.165) is 112 Å². The zero-order chi connectivity index (χ0) is 35.4. The van der Waals surface area contributed by atoms with Crippen molar-refractivity contribution in [2.45, 2.75) is 76.5 Å². The summed E-state index contributed by atoms with van der Waals surface area (Å²) in [6.45, 7) is 19.1. The van der Waals surface area contributed by atoms with Gasteiger partial charge in [-0.3, -0.25) is 24.4 Å². The first kappa shape index (κ1) is 35.7. The van der Waals surface area contributed by atoms with E-state index in [-0.39, 0.29) is 16.9 Å². The van der Waals surface area contributed by atoms with Gasteiger partial charge in [0.05, 0.1) is 53.7 Å². The Hall–Kier alpha value is -2.67. The number of anilines is 1. The Labute approximate surface area is 305 Å². The zero-order valence-corrected chi connectivity index (χ0v) is 31.7. The van der Waals surface area contributed by atoms with Gasteiger partial charge in [-0.05, 0) is 72.1 Å². The van der Waals surface area contributed by atoms with Gasteiger partial charge in [0.15, 0.2) is 5.82 Å². The molecule has 5 aliphatic rings. The lowest BCUT2D eigenvalue weighted by molar-refractivity contribution is -0.149. The molecular formula is C37H52Cl2N8O3. The first-order valence-corrected chi connectivity index (χ1v) is 18.8. The third kappa shape index (κ3) is 6.47. The lowest BCUT2D eigenvalue weighted by Crippen LogP contribution is -2.63. The van der Waals surface area contributed by atoms with E-state index in [1.165, 1.54) is 19.0 Å². The molecule has 1 N–H and O–H groups in total. The molecule has 11 nitrogen and oxygen atoms in total. The minimum atomic E-state index is -0.0143. The smallest absolute Gasteiger partial charge is 0.245 e. The fourth-order valence-electron chi connectivity index (χ4n) is 8.80. The second kappa shape index (κ2) is 14.0. The van der Waals surface area contributed by atoms with Crippen LogP contribution < -0.4 is 4.90 Å². The molecule has 5 fully saturated rings. The van der Waals surface area contributed by atoms with Gasteiger partial charge in [-0.25, -0.2) is 0 Å². The Bertz CT molecular complexity index is 1720. The summed E-state index contributed by atoms with van der Waals surface area (Å²) in [5, 5.41) is 14.6. The standard InChI is InChI=1S/C27H32Cl2N6O.C10H20N2O2/c1-5-21(36)33-14-27(15-33)11-17(12-27)35-16(2)22(25(32-35)34-9-7-6-8-26(34,3)4)23-18-13-30-31-20(18)10-19(28)24(23)29;1-11-3-4-12(10-7-14-8-10)5-9(11)6-13-2/h5,10,13,17H,1,6-9,11-12,14-15H2,2-4H3,(H,30,31);9-10H,3-8H2,1-2H3. The van der Waals surface area contributed by atoms with E-state index in [0.29, 0.717) is 28.2 Å². The van der Waals surface area contributed by atoms with Gasteiger partial charge in [-0.1, -0.05) is 29.8 Å². The van der Waals surface area contributed by atoms with E-state index >= 15 is 0 Å². The van der Waals surface area contributed by atoms with Crippen molar-refractivity contribution in [3.63, 3.8) is 0 Å². The number of methoxy groups -OCH3 is 1. The predicted octanol–water partition coefficient (Wildman–Crippen LogP) is 5.81. The van der Waals surface area contributed by atoms with Crippen LogP contribution in [0.4, 0.5) is 5.82 Å². The van der Waals surface area contributed by atoms with Crippen molar-refractivity contribution in [2.24, 2.45) is 5.41 Å². The Kier molecular flexibility index (Phi) is 10.0. The number of carbonyl (C=O) groups excluding carboxylic acids is 1. The number of likely N-dealkylation sites (tertiary alicyclic amines) is 1. The van der Waals surface area contributed by atoms with Crippen LogP contribution in [0.1, 0.15) is 57.7 Å². The largest absolute Gasteiger partial charge is 0.383 e. The monoisotopic (exact) mass is 726 g/mol. The predicted molar refractivity (Wildman–Crippen MR) is 199 cm³/mol. The number of aromatic amines is 1. The van der Waals surface area contributed by atoms with E-state index in [4.69, 9.17) is 37.8 Å². The summed E-state index contributed by atoms with van der Waals surface area (Å²) in [6.07, 6.45) is 8.73. The number of rotatable bonds is 7. The highest BCUT2D eigenvalue weighted by molar-refractivity contribution is 6.45. The summed E-state index contributed by atoms with van der Waals surface area (Å²) in [5.74, 6) is 0.998. The number of amides is 1. The van der Waals surface area contributed by atoms with Crippen LogP contribution in [0.5, 0.6) is 0 Å². The summed E-state index contributed by atoms with van der Waals surface area (Å²) >= 11 is 13.5. The fraction of sp³-hybridized carbons (Fsp3) is 0.649. The summed E-state index contributed by atoms with van der Waals surface area (Å²) < 4.78 is 12.7. The van der Waals surface area contributed by atoms with Crippen LogP contribution in [0.15, 0.2) is 24.9 Å². The average Bonchev–Trinajstić information content (AvgIpc) is 3.61. The Morgan fingerprint density at radius 2 is 1.90 bits per heavy atom. The number of H-pyrrole nitrogens is 1. The maximum atomic E-state index is 12.0. The Morgan fingerprint density at radius 3 is 2.56 bits per heavy atom. The number of fused-ring (bicyclic) bond motifs is 1. The molecule has 0 bridgehead atoms. The number of hydrogen-bond acceptors (Lipinski definition) is 8. The number of halogens is 2. The van der Waals surface area contributed by atoms with Gasteiger partial charge < -0.3 is 19.3 Å². The van der Waals surface area contributed by atoms with Crippen LogP contribution in [0.3, 0.4) is 0 Å². The van der Waals surface area contributed by atoms with Crippen molar-refractivity contribution in [3.8, 4) is 11.1 Å². The number of piperazine rings is 1. The van der Waals surface area contributed by atoms with Crippen LogP contribution in [0.2, 0.25) is 10.0 Å². The highest BCUT2D eigenvalue weighted by Crippen LogP contribution is 2.56. The van der Waals surface area contributed by atoms with Crippen molar-refractivity contribution in [1.29, 1.82) is 0 Å². The minimum absolute atomic E-state index is 0.0143. The number of aromatic nitrogens is 4. The van der Waals surface area contributed by atoms with Gasteiger partial charge in [-0.15, -0.1) is 0 Å². The molecule has 272 valence electrons. The molecule has 3 aromatic rings. The number of carbonyl (C=O) groups is 1. The van der Waals surface area contributed by atoms with Gasteiger partial charge in [0.25, 0.3) is 0 Å². The number of likely N-dealkylation sites (N-methyl/N-ethyl adjacent to an activating group) is 1. The van der Waals surface area contributed by atoms with E-state index in [1.54, 1.807) is 7.11 Å². The third-order valence-corrected chi connectivity index (χ3v) is 12.7. The SMILES string of the molecule is C=CC(=O)N1CC2(CC(n3nc(N4CCCCC4(C)C)c(-c4c(Cl)c(Cl)cc5[nH]ncc45)c3C)C2)C1.COCC1CN(C2COC2)CCN1C. The van der Waals surface area contributed by atoms with Crippen molar-refractivity contribution in [3.05, 3.63) is 40.7 Å². The molecule has 1 aliphatic carbocycles. The summed E-state index contributed by atoms with van der Waals surface area (Å²) in [6, 6.07) is 3.35. The molecule has 1 spiro atoms. The number of piperidine rings is 1. The molecule has 6 heterocycles. The maximum Gasteiger partial charge on any atom is 0.245 e. The fourth-order valence-corrected chi connectivity index (χ4v) is 9.26. The summed E-state index contributed by atoms with van der Waals surface area (Å²) in [4.78, 5) is 21.2. The maximum absolute atomic E-state index is 12.0. The number of hydrogen-bond donors (Lipinski definition) is 1. The zero-order valence-electron chi connectivity index (χ0n) is 30.2. The first-order chi connectivity index (χ1) is 23.9. The lowest BCUT2D eigenvalue weighted by atomic mass is 9.60. The minimum Gasteiger partial charge on any atom is -0.383 e. The molecular weight excluding hydrogens is 675 g/mol. The molecule has 4 aliphatic heterocycles. The second-order valence-electron chi connectivity index (χ2n) is 15.8. The molecule has 0 radical (unpaired) electrons. The molecule has 8 rings (SSSR count). The Morgan fingerprint density at radius 1 is 1.14 bits per heavy atom. The normalized spacial score (nSPS) is 24.0. The molecule has 4 saturated heterocycles. The van der Waals surface area contributed by atoms with Gasteiger partial charge in [0.1, 0.15) is 0 Å². The van der Waals surface area contributed by atoms with Crippen LogP contribution in [0.25, 0.3) is 22.0 Å². The third-order valence-electron chi connectivity index (χ3n) is 12.0. The summed E-state index contributed by atoms with van der Waals surface area (Å²) in [7, 11) is 3.96. The van der Waals surface area contributed by atoms with Gasteiger partial charge >= 0.3 is 0 Å². The number of ether oxygens (including phenoxy) is 2. The van der Waals surface area contributed by atoms with E-state index < -0.39 is 0 Å². The lowest BCUT2D eigenvalue weighted by Gasteiger charge is -2.58. The molecule has 1 aromatic carbocycles. The summed E-state index contributed by atoms with van der Waals surface area (Å²) in [5.41, 5.74) is 4.09. The number of nitrogens with one attached hydrogen (secondary N) is 1. The van der Waals surface area contributed by atoms with Crippen molar-refractivity contribution in [1.82, 2.24) is 34.7 Å². The van der Waals surface area contributed by atoms with E-state index in [1.807, 2.05) is 17.2 Å². The van der Waals surface area contributed by atoms with Crippen LogP contribution in [-0.4, -0.2) is 131 Å². The highest BCUT2D eigenvalue weighted by atomic mass is 35.5. The molecule has 1 saturated carbocycles. The second-order valence-corrected chi connectivity index (χ2v) is 16.6. The molecule has 1 unspecified atom stereocenters. The number of nitrogens with zero attached hydrogens (tertiary/aromatic N) is 7. The molecule has 1 atom stereocenters. The van der Waals surface area contributed by atoms with Gasteiger partial charge in [-0.2, -0.15) is 10.2 Å². The van der Waals surface area contributed by atoms with Gasteiger partial charge in [0, 0.05) is 85.6 Å². The quantitative estimate of drug-likeness (QED) is 0.305. The first-order valence-electron chi connectivity index (χ1n) is 18.1. The molecule has 50 heavy (non-hydrogen) atoms. The van der Waals surface area contributed by atoms with Crippen LogP contribution in [-0.2, 0) is 14.3 Å². The van der Waals surface area contributed by atoms with E-state index in [2.05, 4.69) is 64.0 Å². The molecule has 13 heteroatoms. The van der Waals surface area contributed by atoms with Crippen LogP contribution >= 0.6 is 23.2 Å². The van der Waals surface area contributed by atoms with Crippen molar-refractivity contribution >= 4 is 45.8 Å². The van der Waals surface area contributed by atoms with Crippen molar-refractivity contribution < 1.29 is 14.3 Å². The van der Waals surface area contributed by atoms with Crippen LogP contribution in [0, 0.1) is 12.3 Å². The molecule has 1 amide bonds. The van der Waals surface area contributed by atoms with Crippen molar-refractivity contribution in [2.75, 3.05) is 78.1 Å². The molecule has 2 aromatic heterocycles.